The molecular formula is C8H11NO5S. The normalized spacial score (nSPS) is 34.5. The maximum Gasteiger partial charge on any atom is 0.287 e. The first-order valence-electron chi connectivity index (χ1n) is 4.68. The number of carbonyl (C=O) groups is 2. The Morgan fingerprint density at radius 1 is 1.40 bits per heavy atom. The molecule has 1 saturated heterocycles. The first-order valence-corrected chi connectivity index (χ1v) is 6.26. The van der Waals surface area contributed by atoms with Gasteiger partial charge in [0.15, 0.2) is 5.78 Å². The number of nitrogens with zero attached hydrogens (tertiary/aromatic N) is 1. The highest BCUT2D eigenvalue weighted by Crippen LogP contribution is 2.45. The SMILES string of the molecule is CCS(=O)(=O)ON1C(=O)C(C)C2C(=O)C21. The molecule has 0 aromatic rings. The smallest absolute Gasteiger partial charge is 0.287 e. The predicted octanol–water partition coefficient (Wildman–Crippen LogP) is -0.686. The van der Waals surface area contributed by atoms with Crippen molar-refractivity contribution in [2.45, 2.75) is 19.9 Å². The van der Waals surface area contributed by atoms with Crippen LogP contribution < -0.4 is 0 Å². The first kappa shape index (κ1) is 10.6. The van der Waals surface area contributed by atoms with Crippen molar-refractivity contribution in [1.29, 1.82) is 0 Å². The van der Waals surface area contributed by atoms with E-state index < -0.39 is 28.0 Å². The minimum atomic E-state index is -3.74. The summed E-state index contributed by atoms with van der Waals surface area (Å²) in [6, 6.07) is -0.672. The van der Waals surface area contributed by atoms with Crippen LogP contribution in [-0.2, 0) is 24.0 Å². The van der Waals surface area contributed by atoms with Crippen LogP contribution in [0.5, 0.6) is 0 Å². The van der Waals surface area contributed by atoms with E-state index >= 15 is 0 Å². The minimum absolute atomic E-state index is 0.117. The topological polar surface area (TPSA) is 80.8 Å². The fraction of sp³-hybridized carbons (Fsp3) is 0.750. The number of hydroxylamine groups is 2. The van der Waals surface area contributed by atoms with Crippen molar-refractivity contribution in [3.8, 4) is 0 Å². The molecule has 3 unspecified atom stereocenters. The van der Waals surface area contributed by atoms with Crippen LogP contribution in [0.2, 0.25) is 0 Å². The van der Waals surface area contributed by atoms with Gasteiger partial charge in [0, 0.05) is 5.92 Å². The molecule has 2 aliphatic rings. The zero-order valence-electron chi connectivity index (χ0n) is 8.34. The van der Waals surface area contributed by atoms with Gasteiger partial charge in [0.05, 0.1) is 11.7 Å². The van der Waals surface area contributed by atoms with Gasteiger partial charge in [-0.05, 0) is 6.92 Å². The van der Waals surface area contributed by atoms with Gasteiger partial charge in [-0.1, -0.05) is 6.92 Å². The van der Waals surface area contributed by atoms with Crippen molar-refractivity contribution in [2.24, 2.45) is 11.8 Å². The maximum atomic E-state index is 11.5. The molecule has 84 valence electrons. The highest BCUT2D eigenvalue weighted by atomic mass is 32.2. The summed E-state index contributed by atoms with van der Waals surface area (Å²) in [5.74, 6) is -1.61. The molecule has 0 radical (unpaired) electrons. The summed E-state index contributed by atoms with van der Waals surface area (Å²) in [5, 5.41) is 0.719. The number of piperidine rings is 1. The Labute approximate surface area is 87.3 Å². The number of hydrogen-bond acceptors (Lipinski definition) is 5. The van der Waals surface area contributed by atoms with E-state index in [0.717, 1.165) is 5.06 Å². The first-order chi connectivity index (χ1) is 6.89. The zero-order valence-corrected chi connectivity index (χ0v) is 9.15. The number of hydrogen-bond donors (Lipinski definition) is 0. The van der Waals surface area contributed by atoms with Crippen LogP contribution in [0.3, 0.4) is 0 Å². The van der Waals surface area contributed by atoms with Crippen LogP contribution in [-0.4, -0.2) is 37.0 Å². The molecule has 6 nitrogen and oxygen atoms in total. The van der Waals surface area contributed by atoms with Crippen LogP contribution in [0.25, 0.3) is 0 Å². The van der Waals surface area contributed by atoms with E-state index in [2.05, 4.69) is 4.28 Å². The lowest BCUT2D eigenvalue weighted by atomic mass is 10.1. The standard InChI is InChI=1S/C8H11NO5S/c1-3-15(12,13)14-9-6-5(7(6)10)4(2)8(9)11/h4-6H,3H2,1-2H3. The second kappa shape index (κ2) is 3.02. The van der Waals surface area contributed by atoms with Crippen molar-refractivity contribution < 1.29 is 22.3 Å². The van der Waals surface area contributed by atoms with Crippen LogP contribution in [0.4, 0.5) is 0 Å². The van der Waals surface area contributed by atoms with Gasteiger partial charge in [0.2, 0.25) is 0 Å². The Kier molecular flexibility index (Phi) is 2.13. The van der Waals surface area contributed by atoms with Gasteiger partial charge >= 0.3 is 0 Å². The second-order valence-corrected chi connectivity index (χ2v) is 5.59. The third-order valence-electron chi connectivity index (χ3n) is 2.80. The van der Waals surface area contributed by atoms with E-state index in [9.17, 15) is 18.0 Å². The summed E-state index contributed by atoms with van der Waals surface area (Å²) in [6.07, 6.45) is 0. The fourth-order valence-corrected chi connectivity index (χ4v) is 2.29. The monoisotopic (exact) mass is 233 g/mol. The number of fused-ring (bicyclic) bond motifs is 1. The zero-order chi connectivity index (χ0) is 11.4. The van der Waals surface area contributed by atoms with Crippen molar-refractivity contribution in [1.82, 2.24) is 5.06 Å². The Morgan fingerprint density at radius 2 is 2.00 bits per heavy atom. The van der Waals surface area contributed by atoms with Gasteiger partial charge < -0.3 is 0 Å². The number of rotatable bonds is 3. The molecule has 1 saturated carbocycles. The lowest BCUT2D eigenvalue weighted by Gasteiger charge is -2.16. The van der Waals surface area contributed by atoms with Gasteiger partial charge in [-0.2, -0.15) is 13.5 Å². The molecule has 2 fully saturated rings. The van der Waals surface area contributed by atoms with Crippen LogP contribution >= 0.6 is 0 Å². The molecule has 1 aliphatic heterocycles. The molecule has 1 heterocycles. The molecular weight excluding hydrogens is 222 g/mol. The maximum absolute atomic E-state index is 11.5. The summed E-state index contributed by atoms with van der Waals surface area (Å²) in [6.45, 7) is 3.01. The molecule has 0 bridgehead atoms. The van der Waals surface area contributed by atoms with Crippen molar-refractivity contribution in [3.05, 3.63) is 0 Å². The summed E-state index contributed by atoms with van der Waals surface area (Å²) in [5.41, 5.74) is 0. The number of ketones is 1. The van der Waals surface area contributed by atoms with E-state index in [4.69, 9.17) is 0 Å². The van der Waals surface area contributed by atoms with Crippen LogP contribution in [0.15, 0.2) is 0 Å². The van der Waals surface area contributed by atoms with E-state index in [1.54, 1.807) is 6.92 Å². The average molecular weight is 233 g/mol. The largest absolute Gasteiger partial charge is 0.297 e. The molecule has 0 aromatic heterocycles. The molecule has 0 aromatic carbocycles. The van der Waals surface area contributed by atoms with E-state index in [1.165, 1.54) is 6.92 Å². The highest BCUT2D eigenvalue weighted by Gasteiger charge is 2.67. The molecule has 1 aliphatic carbocycles. The number of amides is 1. The lowest BCUT2D eigenvalue weighted by Crippen LogP contribution is -2.36. The predicted molar refractivity (Wildman–Crippen MR) is 48.8 cm³/mol. The summed E-state index contributed by atoms with van der Waals surface area (Å²) in [7, 11) is -3.74. The summed E-state index contributed by atoms with van der Waals surface area (Å²) < 4.78 is 26.9. The molecule has 0 spiro atoms. The van der Waals surface area contributed by atoms with Gasteiger partial charge in [0.25, 0.3) is 16.0 Å². The highest BCUT2D eigenvalue weighted by molar-refractivity contribution is 7.86. The fourth-order valence-electron chi connectivity index (χ4n) is 1.78. The number of carbonyl (C=O) groups excluding carboxylic acids is 2. The number of Topliss-reactive ketones (excluding diaryl/α,β-unsaturated/α-hetero) is 1. The molecule has 2 rings (SSSR count). The Bertz CT molecular complexity index is 428. The lowest BCUT2D eigenvalue weighted by molar-refractivity contribution is -0.158. The molecule has 7 heteroatoms. The molecule has 0 N–H and O–H groups in total. The minimum Gasteiger partial charge on any atom is -0.297 e. The third-order valence-corrected chi connectivity index (χ3v) is 3.89. The van der Waals surface area contributed by atoms with Gasteiger partial charge in [-0.3, -0.25) is 9.59 Å². The van der Waals surface area contributed by atoms with Crippen LogP contribution in [0, 0.1) is 11.8 Å². The van der Waals surface area contributed by atoms with E-state index in [-0.39, 0.29) is 17.5 Å². The molecule has 15 heavy (non-hydrogen) atoms. The van der Waals surface area contributed by atoms with E-state index in [1.807, 2.05) is 0 Å². The quantitative estimate of drug-likeness (QED) is 0.644. The van der Waals surface area contributed by atoms with Gasteiger partial charge in [-0.25, -0.2) is 0 Å². The average Bonchev–Trinajstić information content (AvgIpc) is 2.76. The van der Waals surface area contributed by atoms with Gasteiger partial charge in [0.1, 0.15) is 6.04 Å². The van der Waals surface area contributed by atoms with Crippen LogP contribution in [0.1, 0.15) is 13.8 Å². The Hall–Kier alpha value is -0.950. The third kappa shape index (κ3) is 1.46. The van der Waals surface area contributed by atoms with Crippen molar-refractivity contribution >= 4 is 21.8 Å². The van der Waals surface area contributed by atoms with Crippen molar-refractivity contribution in [2.75, 3.05) is 5.75 Å². The molecule has 3 atom stereocenters. The Morgan fingerprint density at radius 3 is 2.47 bits per heavy atom. The summed E-state index contributed by atoms with van der Waals surface area (Å²) in [4.78, 5) is 22.6. The summed E-state index contributed by atoms with van der Waals surface area (Å²) >= 11 is 0. The molecule has 1 amide bonds. The van der Waals surface area contributed by atoms with E-state index in [0.29, 0.717) is 0 Å². The van der Waals surface area contributed by atoms with Gasteiger partial charge in [-0.15, -0.1) is 4.28 Å². The second-order valence-electron chi connectivity index (χ2n) is 3.75. The Balaban J connectivity index is 2.18. The van der Waals surface area contributed by atoms with Crippen molar-refractivity contribution in [3.63, 3.8) is 0 Å².